The molecule has 0 bridgehead atoms. The zero-order valence-electron chi connectivity index (χ0n) is 9.74. The monoisotopic (exact) mass is 325 g/mol. The van der Waals surface area contributed by atoms with Gasteiger partial charge in [0.1, 0.15) is 22.1 Å². The van der Waals surface area contributed by atoms with E-state index in [1.54, 1.807) is 24.3 Å². The molecule has 98 valence electrons. The molecule has 1 amide bonds. The lowest BCUT2D eigenvalue weighted by Crippen LogP contribution is -2.18. The van der Waals surface area contributed by atoms with E-state index in [-0.39, 0.29) is 0 Å². The highest BCUT2D eigenvalue weighted by molar-refractivity contribution is 9.09. The fourth-order valence-electron chi connectivity index (χ4n) is 1.58. The number of hydrogen-bond donors (Lipinski definition) is 1. The van der Waals surface area contributed by atoms with Crippen molar-refractivity contribution in [3.8, 4) is 0 Å². The van der Waals surface area contributed by atoms with Crippen molar-refractivity contribution in [3.05, 3.63) is 65.7 Å². The summed E-state index contributed by atoms with van der Waals surface area (Å²) in [6, 6.07) is 12.3. The summed E-state index contributed by atoms with van der Waals surface area (Å²) in [7, 11) is 0. The second kappa shape index (κ2) is 5.93. The minimum atomic E-state index is -0.805. The second-order valence-corrected chi connectivity index (χ2v) is 4.77. The van der Waals surface area contributed by atoms with Gasteiger partial charge in [-0.1, -0.05) is 52.3 Å². The van der Waals surface area contributed by atoms with E-state index in [0.29, 0.717) is 5.56 Å². The molecular weight excluding hydrogens is 316 g/mol. The molecule has 0 aliphatic carbocycles. The number of nitrogens with one attached hydrogen (secondary N) is 1. The maximum atomic E-state index is 13.4. The van der Waals surface area contributed by atoms with E-state index in [2.05, 4.69) is 21.2 Å². The van der Waals surface area contributed by atoms with Crippen molar-refractivity contribution < 1.29 is 13.6 Å². The number of amides is 1. The number of anilines is 1. The highest BCUT2D eigenvalue weighted by Gasteiger charge is 2.19. The standard InChI is InChI=1S/C14H10BrF2NO/c15-12(9-5-2-1-3-6-9)14(19)18-13-10(16)7-4-8-11(13)17/h1-8,12H,(H,18,19)/t12-/m1/s1. The maximum Gasteiger partial charge on any atom is 0.242 e. The highest BCUT2D eigenvalue weighted by Crippen LogP contribution is 2.26. The molecule has 1 N–H and O–H groups in total. The summed E-state index contributed by atoms with van der Waals surface area (Å²) >= 11 is 3.20. The first-order chi connectivity index (χ1) is 9.09. The SMILES string of the molecule is O=C(Nc1c(F)cccc1F)[C@H](Br)c1ccccc1. The Labute approximate surface area is 117 Å². The van der Waals surface area contributed by atoms with E-state index < -0.39 is 28.1 Å². The predicted octanol–water partition coefficient (Wildman–Crippen LogP) is 4.04. The first kappa shape index (κ1) is 13.7. The van der Waals surface area contributed by atoms with Crippen LogP contribution in [-0.2, 0) is 4.79 Å². The van der Waals surface area contributed by atoms with Crippen molar-refractivity contribution in [3.63, 3.8) is 0 Å². The zero-order chi connectivity index (χ0) is 13.8. The smallest absolute Gasteiger partial charge is 0.242 e. The average molecular weight is 326 g/mol. The minimum absolute atomic E-state index is 0.437. The van der Waals surface area contributed by atoms with Crippen molar-refractivity contribution >= 4 is 27.5 Å². The van der Waals surface area contributed by atoms with E-state index in [4.69, 9.17) is 0 Å². The number of hydrogen-bond acceptors (Lipinski definition) is 1. The summed E-state index contributed by atoms with van der Waals surface area (Å²) in [5.74, 6) is -2.14. The minimum Gasteiger partial charge on any atom is -0.320 e. The van der Waals surface area contributed by atoms with Crippen LogP contribution in [0.2, 0.25) is 0 Å². The van der Waals surface area contributed by atoms with Crippen LogP contribution in [0.3, 0.4) is 0 Å². The lowest BCUT2D eigenvalue weighted by Gasteiger charge is -2.12. The molecule has 0 saturated carbocycles. The molecule has 19 heavy (non-hydrogen) atoms. The number of halogens is 3. The Balaban J connectivity index is 2.18. The van der Waals surface area contributed by atoms with Gasteiger partial charge in [-0.3, -0.25) is 4.79 Å². The molecule has 0 aliphatic rings. The number of carbonyl (C=O) groups is 1. The molecule has 0 spiro atoms. The number of carbonyl (C=O) groups excluding carboxylic acids is 1. The number of rotatable bonds is 3. The van der Waals surface area contributed by atoms with Crippen LogP contribution in [-0.4, -0.2) is 5.91 Å². The third-order valence-corrected chi connectivity index (χ3v) is 3.48. The molecule has 2 rings (SSSR count). The Kier molecular flexibility index (Phi) is 4.27. The molecule has 1 atom stereocenters. The van der Waals surface area contributed by atoms with Crippen molar-refractivity contribution in [2.24, 2.45) is 0 Å². The van der Waals surface area contributed by atoms with Crippen molar-refractivity contribution in [2.75, 3.05) is 5.32 Å². The maximum absolute atomic E-state index is 13.4. The van der Waals surface area contributed by atoms with Gasteiger partial charge in [0.2, 0.25) is 5.91 Å². The average Bonchev–Trinajstić information content (AvgIpc) is 2.43. The molecule has 0 aromatic heterocycles. The molecule has 2 aromatic rings. The molecule has 0 unspecified atom stereocenters. The first-order valence-corrected chi connectivity index (χ1v) is 6.45. The van der Waals surface area contributed by atoms with E-state index in [1.807, 2.05) is 6.07 Å². The van der Waals surface area contributed by atoms with E-state index in [9.17, 15) is 13.6 Å². The van der Waals surface area contributed by atoms with E-state index in [0.717, 1.165) is 12.1 Å². The topological polar surface area (TPSA) is 29.1 Å². The molecule has 2 nitrogen and oxygen atoms in total. The number of benzene rings is 2. The van der Waals surface area contributed by atoms with Gasteiger partial charge in [-0.05, 0) is 17.7 Å². The molecule has 0 heterocycles. The van der Waals surface area contributed by atoms with Crippen LogP contribution in [0, 0.1) is 11.6 Å². The lowest BCUT2D eigenvalue weighted by atomic mass is 10.1. The van der Waals surface area contributed by atoms with E-state index in [1.165, 1.54) is 6.07 Å². The van der Waals surface area contributed by atoms with Gasteiger partial charge in [0, 0.05) is 0 Å². The van der Waals surface area contributed by atoms with Gasteiger partial charge in [0.15, 0.2) is 0 Å². The second-order valence-electron chi connectivity index (χ2n) is 3.86. The number of alkyl halides is 1. The van der Waals surface area contributed by atoms with Gasteiger partial charge >= 0.3 is 0 Å². The summed E-state index contributed by atoms with van der Waals surface area (Å²) < 4.78 is 26.8. The summed E-state index contributed by atoms with van der Waals surface area (Å²) in [4.78, 5) is 11.3. The largest absolute Gasteiger partial charge is 0.320 e. The van der Waals surface area contributed by atoms with Gasteiger partial charge in [-0.2, -0.15) is 0 Å². The van der Waals surface area contributed by atoms with Crippen LogP contribution in [0.25, 0.3) is 0 Å². The summed E-state index contributed by atoms with van der Waals surface area (Å²) in [6.45, 7) is 0. The molecule has 5 heteroatoms. The summed E-state index contributed by atoms with van der Waals surface area (Å²) in [6.07, 6.45) is 0. The van der Waals surface area contributed by atoms with Crippen molar-refractivity contribution in [1.29, 1.82) is 0 Å². The van der Waals surface area contributed by atoms with Crippen molar-refractivity contribution in [2.45, 2.75) is 4.83 Å². The fraction of sp³-hybridized carbons (Fsp3) is 0.0714. The van der Waals surface area contributed by atoms with Crippen LogP contribution in [0.1, 0.15) is 10.4 Å². The van der Waals surface area contributed by atoms with Gasteiger partial charge in [0.05, 0.1) is 0 Å². The highest BCUT2D eigenvalue weighted by atomic mass is 79.9. The molecule has 0 radical (unpaired) electrons. The van der Waals surface area contributed by atoms with Crippen LogP contribution >= 0.6 is 15.9 Å². The van der Waals surface area contributed by atoms with E-state index >= 15 is 0 Å². The van der Waals surface area contributed by atoms with Crippen LogP contribution in [0.15, 0.2) is 48.5 Å². The quantitative estimate of drug-likeness (QED) is 0.848. The van der Waals surface area contributed by atoms with Crippen LogP contribution in [0.5, 0.6) is 0 Å². The summed E-state index contributed by atoms with van der Waals surface area (Å²) in [5, 5.41) is 2.24. The zero-order valence-corrected chi connectivity index (χ0v) is 11.3. The van der Waals surface area contributed by atoms with Gasteiger partial charge in [-0.25, -0.2) is 8.78 Å². The molecular formula is C14H10BrF2NO. The van der Waals surface area contributed by atoms with Crippen LogP contribution < -0.4 is 5.32 Å². The normalized spacial score (nSPS) is 11.9. The van der Waals surface area contributed by atoms with Crippen LogP contribution in [0.4, 0.5) is 14.5 Å². The summed E-state index contributed by atoms with van der Waals surface area (Å²) in [5.41, 5.74) is 0.268. The Morgan fingerprint density at radius 3 is 2.16 bits per heavy atom. The molecule has 2 aromatic carbocycles. The third-order valence-electron chi connectivity index (χ3n) is 2.53. The third kappa shape index (κ3) is 3.17. The Bertz CT molecular complexity index is 569. The fourth-order valence-corrected chi connectivity index (χ4v) is 2.00. The molecule has 0 saturated heterocycles. The Morgan fingerprint density at radius 2 is 1.58 bits per heavy atom. The van der Waals surface area contributed by atoms with Gasteiger partial charge in [0.25, 0.3) is 0 Å². The number of para-hydroxylation sites is 1. The predicted molar refractivity (Wildman–Crippen MR) is 73.1 cm³/mol. The van der Waals surface area contributed by atoms with Gasteiger partial charge < -0.3 is 5.32 Å². The molecule has 0 aliphatic heterocycles. The van der Waals surface area contributed by atoms with Crippen molar-refractivity contribution in [1.82, 2.24) is 0 Å². The molecule has 0 fully saturated rings. The lowest BCUT2D eigenvalue weighted by molar-refractivity contribution is -0.115. The first-order valence-electron chi connectivity index (χ1n) is 5.53. The Morgan fingerprint density at radius 1 is 1.00 bits per heavy atom. The Hall–Kier alpha value is -1.75. The van der Waals surface area contributed by atoms with Gasteiger partial charge in [-0.15, -0.1) is 0 Å².